The molecular formula is C54H60N6O10. The van der Waals surface area contributed by atoms with Crippen LogP contribution in [-0.2, 0) is 60.2 Å². The molecule has 0 radical (unpaired) electrons. The van der Waals surface area contributed by atoms with Crippen molar-refractivity contribution < 1.29 is 43.3 Å². The number of aliphatic hydroxyl groups is 1. The Hall–Kier alpha value is -7.07. The van der Waals surface area contributed by atoms with Crippen molar-refractivity contribution in [3.05, 3.63) is 116 Å². The van der Waals surface area contributed by atoms with Gasteiger partial charge in [-0.25, -0.2) is 19.4 Å². The van der Waals surface area contributed by atoms with Gasteiger partial charge in [0.2, 0.25) is 11.8 Å². The Kier molecular flexibility index (Phi) is 13.0. The van der Waals surface area contributed by atoms with Gasteiger partial charge in [0.15, 0.2) is 5.60 Å². The number of unbranched alkanes of at least 4 members (excludes halogenated alkanes) is 1. The third kappa shape index (κ3) is 9.00. The molecule has 9 rings (SSSR count). The van der Waals surface area contributed by atoms with Crippen LogP contribution in [0.2, 0.25) is 0 Å². The monoisotopic (exact) mass is 952 g/mol. The fourth-order valence-electron chi connectivity index (χ4n) is 10.5. The SMILES string of the molecule is CC[C@@]1(O)C(=O)OCc2c1cc1n(c2=O)Cc2c-1nc1ccc(NC(=O)[C@H](CCCCNC(=O)OC(C)(C)C)NC(=O)[C@@H](NC(=O)OCC3c4ccccc4-c4ccccc43)C(C)C)c3c1c2CCC3. The highest BCUT2D eigenvalue weighted by atomic mass is 16.6. The van der Waals surface area contributed by atoms with E-state index in [0.29, 0.717) is 48.3 Å². The number of alkyl carbamates (subject to hydrolysis) is 2. The summed E-state index contributed by atoms with van der Waals surface area (Å²) in [5.41, 5.74) is 6.99. The topological polar surface area (TPSA) is 216 Å². The van der Waals surface area contributed by atoms with Gasteiger partial charge in [-0.2, -0.15) is 0 Å². The van der Waals surface area contributed by atoms with E-state index in [9.17, 15) is 33.9 Å². The van der Waals surface area contributed by atoms with Gasteiger partial charge in [0.25, 0.3) is 5.56 Å². The average Bonchev–Trinajstić information content (AvgIpc) is 3.86. The first-order chi connectivity index (χ1) is 33.5. The fourth-order valence-corrected chi connectivity index (χ4v) is 10.5. The van der Waals surface area contributed by atoms with E-state index in [4.69, 9.17) is 19.2 Å². The molecule has 4 amide bonds. The first-order valence-electron chi connectivity index (χ1n) is 24.3. The van der Waals surface area contributed by atoms with Crippen LogP contribution in [0.15, 0.2) is 71.5 Å². The maximum absolute atomic E-state index is 14.5. The highest BCUT2D eigenvalue weighted by Gasteiger charge is 2.46. The second-order valence-electron chi connectivity index (χ2n) is 20.0. The van der Waals surface area contributed by atoms with E-state index in [-0.39, 0.29) is 67.7 Å². The van der Waals surface area contributed by atoms with E-state index in [1.807, 2.05) is 42.5 Å². The van der Waals surface area contributed by atoms with Crippen LogP contribution < -0.4 is 26.8 Å². The molecular weight excluding hydrogens is 893 g/mol. The van der Waals surface area contributed by atoms with Gasteiger partial charge in [0.05, 0.1) is 29.0 Å². The van der Waals surface area contributed by atoms with Crippen LogP contribution in [0.4, 0.5) is 15.3 Å². The number of amides is 4. The third-order valence-electron chi connectivity index (χ3n) is 14.0. The zero-order valence-corrected chi connectivity index (χ0v) is 40.5. The highest BCUT2D eigenvalue weighted by Crippen LogP contribution is 2.46. The van der Waals surface area contributed by atoms with Gasteiger partial charge in [-0.05, 0) is 123 Å². The van der Waals surface area contributed by atoms with Crippen molar-refractivity contribution in [3.63, 3.8) is 0 Å². The molecule has 5 aromatic rings. The second kappa shape index (κ2) is 19.0. The summed E-state index contributed by atoms with van der Waals surface area (Å²) >= 11 is 0. The number of benzene rings is 3. The number of carbonyl (C=O) groups is 5. The van der Waals surface area contributed by atoms with Crippen molar-refractivity contribution in [3.8, 4) is 22.5 Å². The largest absolute Gasteiger partial charge is 0.458 e. The number of nitrogens with one attached hydrogen (secondary N) is 4. The Balaban J connectivity index is 0.941. The summed E-state index contributed by atoms with van der Waals surface area (Å²) < 4.78 is 18.1. The minimum absolute atomic E-state index is 0.0369. The Morgan fingerprint density at radius 2 is 1.59 bits per heavy atom. The van der Waals surface area contributed by atoms with Crippen LogP contribution in [0.3, 0.4) is 0 Å². The van der Waals surface area contributed by atoms with E-state index in [1.54, 1.807) is 58.2 Å². The van der Waals surface area contributed by atoms with Crippen LogP contribution in [0, 0.1) is 5.92 Å². The number of rotatable bonds is 14. The molecule has 2 aliphatic heterocycles. The highest BCUT2D eigenvalue weighted by molar-refractivity contribution is 6.02. The van der Waals surface area contributed by atoms with Crippen LogP contribution in [-0.4, -0.2) is 75.5 Å². The van der Waals surface area contributed by atoms with E-state index < -0.39 is 53.3 Å². The zero-order valence-electron chi connectivity index (χ0n) is 40.5. The number of ether oxygens (including phenoxy) is 3. The number of hydrogen-bond acceptors (Lipinski definition) is 11. The quantitative estimate of drug-likeness (QED) is 0.0416. The normalized spacial score (nSPS) is 17.3. The molecule has 0 saturated heterocycles. The number of carbonyl (C=O) groups excluding carboxylic acids is 5. The molecule has 0 fully saturated rings. The molecule has 16 nitrogen and oxygen atoms in total. The lowest BCUT2D eigenvalue weighted by Gasteiger charge is -2.31. The Morgan fingerprint density at radius 1 is 0.886 bits per heavy atom. The van der Waals surface area contributed by atoms with Crippen LogP contribution >= 0.6 is 0 Å². The third-order valence-corrected chi connectivity index (χ3v) is 14.0. The number of aryl methyl sites for hydroxylation is 2. The molecule has 5 N–H and O–H groups in total. The van der Waals surface area contributed by atoms with Gasteiger partial charge < -0.3 is 45.2 Å². The van der Waals surface area contributed by atoms with Crippen molar-refractivity contribution in [2.45, 2.75) is 129 Å². The van der Waals surface area contributed by atoms with Gasteiger partial charge >= 0.3 is 18.2 Å². The lowest BCUT2D eigenvalue weighted by atomic mass is 9.85. The molecule has 0 saturated carbocycles. The molecule has 0 unspecified atom stereocenters. The number of fused-ring (bicyclic) bond motifs is 8. The molecule has 4 aliphatic rings. The predicted molar refractivity (Wildman–Crippen MR) is 262 cm³/mol. The average molecular weight is 953 g/mol. The molecule has 2 aliphatic carbocycles. The van der Waals surface area contributed by atoms with Gasteiger partial charge in [0.1, 0.15) is 30.9 Å². The van der Waals surface area contributed by atoms with Crippen LogP contribution in [0.1, 0.15) is 119 Å². The van der Waals surface area contributed by atoms with Gasteiger partial charge in [0, 0.05) is 34.7 Å². The fraction of sp³-hybridized carbons (Fsp3) is 0.426. The maximum atomic E-state index is 14.5. The molecule has 3 atom stereocenters. The second-order valence-corrected chi connectivity index (χ2v) is 20.0. The summed E-state index contributed by atoms with van der Waals surface area (Å²) in [6.07, 6.45) is 1.98. The Bertz CT molecular complexity index is 2960. The molecule has 16 heteroatoms. The number of anilines is 1. The lowest BCUT2D eigenvalue weighted by molar-refractivity contribution is -0.172. The van der Waals surface area contributed by atoms with Crippen molar-refractivity contribution >= 4 is 46.6 Å². The predicted octanol–water partition coefficient (Wildman–Crippen LogP) is 7.25. The van der Waals surface area contributed by atoms with Gasteiger partial charge in [-0.3, -0.25) is 14.4 Å². The van der Waals surface area contributed by atoms with Crippen LogP contribution in [0.5, 0.6) is 0 Å². The van der Waals surface area contributed by atoms with Gasteiger partial charge in [-0.1, -0.05) is 69.3 Å². The number of nitrogens with zero attached hydrogens (tertiary/aromatic N) is 2. The smallest absolute Gasteiger partial charge is 0.407 e. The Morgan fingerprint density at radius 3 is 2.27 bits per heavy atom. The van der Waals surface area contributed by atoms with Crippen molar-refractivity contribution in [2.24, 2.45) is 5.92 Å². The van der Waals surface area contributed by atoms with E-state index in [1.165, 1.54) is 0 Å². The molecule has 4 heterocycles. The number of hydrogen-bond donors (Lipinski definition) is 5. The van der Waals surface area contributed by atoms with Crippen molar-refractivity contribution in [2.75, 3.05) is 18.5 Å². The maximum Gasteiger partial charge on any atom is 0.407 e. The summed E-state index contributed by atoms with van der Waals surface area (Å²) in [6, 6.07) is 19.3. The van der Waals surface area contributed by atoms with E-state index >= 15 is 0 Å². The molecule has 2 aromatic heterocycles. The minimum Gasteiger partial charge on any atom is -0.458 e. The summed E-state index contributed by atoms with van der Waals surface area (Å²) in [6.45, 7) is 11.0. The van der Waals surface area contributed by atoms with Crippen molar-refractivity contribution in [1.82, 2.24) is 25.5 Å². The van der Waals surface area contributed by atoms with Crippen LogP contribution in [0.25, 0.3) is 33.4 Å². The number of cyclic esters (lactones) is 1. The van der Waals surface area contributed by atoms with Crippen molar-refractivity contribution in [1.29, 1.82) is 0 Å². The molecule has 366 valence electrons. The molecule has 3 aromatic carbocycles. The summed E-state index contributed by atoms with van der Waals surface area (Å²) in [5, 5.41) is 23.8. The minimum atomic E-state index is -1.94. The van der Waals surface area contributed by atoms with Gasteiger partial charge in [-0.15, -0.1) is 0 Å². The zero-order chi connectivity index (χ0) is 49.6. The number of pyridine rings is 2. The first-order valence-corrected chi connectivity index (χ1v) is 24.3. The molecule has 70 heavy (non-hydrogen) atoms. The lowest BCUT2D eigenvalue weighted by Crippen LogP contribution is -2.54. The summed E-state index contributed by atoms with van der Waals surface area (Å²) in [4.78, 5) is 86.3. The summed E-state index contributed by atoms with van der Waals surface area (Å²) in [5.74, 6) is -2.34. The number of aromatic nitrogens is 2. The van der Waals surface area contributed by atoms with E-state index in [2.05, 4.69) is 33.4 Å². The first kappa shape index (κ1) is 48.0. The van der Waals surface area contributed by atoms with E-state index in [0.717, 1.165) is 50.8 Å². The molecule has 0 bridgehead atoms. The number of esters is 1. The Labute approximate surface area is 405 Å². The molecule has 0 spiro atoms. The standard InChI is InChI=1S/C54H60N6O10/c1-7-54(67)39-25-43-46-36(26-60(43)49(63)38(39)28-68-50(54)64)34-19-14-20-35-40(22-23-41(56-46)44(34)35)57-47(61)42(21-12-13-24-55-51(65)70-53(4,5)6)58-48(62)45(29(2)3)59-52(66)69-27-37-32-17-10-8-15-30(32)31-16-9-11-18-33(31)37/h8-11,15-18,22-23,25,29,37,42,45,67H,7,12-14,19-21,24,26-28H2,1-6H3,(H,55,65)(H,57,61)(H,58,62)(H,59,66)/t42-,45-,54-/m0/s1. The summed E-state index contributed by atoms with van der Waals surface area (Å²) in [7, 11) is 0.